The molecule has 0 spiro atoms. The van der Waals surface area contributed by atoms with Crippen LogP contribution < -0.4 is 16.4 Å². The molecule has 9 nitrogen and oxygen atoms in total. The predicted molar refractivity (Wildman–Crippen MR) is 136 cm³/mol. The molecule has 0 bridgehead atoms. The number of carbonyl (C=O) groups is 4. The molecule has 1 saturated carbocycles. The molecule has 2 atom stereocenters. The molecule has 1 aromatic rings. The van der Waals surface area contributed by atoms with Gasteiger partial charge in [0.2, 0.25) is 17.7 Å². The summed E-state index contributed by atoms with van der Waals surface area (Å²) in [6.07, 6.45) is 8.34. The first-order valence-corrected chi connectivity index (χ1v) is 12.4. The van der Waals surface area contributed by atoms with Crippen molar-refractivity contribution in [1.82, 2.24) is 15.5 Å². The minimum atomic E-state index is -1.30. The Kier molecular flexibility index (Phi) is 10.3. The van der Waals surface area contributed by atoms with Gasteiger partial charge in [-0.1, -0.05) is 37.5 Å². The van der Waals surface area contributed by atoms with Crippen molar-refractivity contribution in [2.75, 3.05) is 6.54 Å². The van der Waals surface area contributed by atoms with Gasteiger partial charge >= 0.3 is 6.09 Å². The van der Waals surface area contributed by atoms with Crippen LogP contribution in [-0.4, -0.2) is 52.9 Å². The highest BCUT2D eigenvalue weighted by Gasteiger charge is 2.42. The molecule has 9 heteroatoms. The van der Waals surface area contributed by atoms with E-state index in [1.165, 1.54) is 4.90 Å². The van der Waals surface area contributed by atoms with Gasteiger partial charge in [-0.3, -0.25) is 14.4 Å². The largest absolute Gasteiger partial charge is 0.444 e. The maximum absolute atomic E-state index is 14.0. The maximum Gasteiger partial charge on any atom is 0.408 e. The zero-order valence-corrected chi connectivity index (χ0v) is 21.6. The summed E-state index contributed by atoms with van der Waals surface area (Å²) in [6.45, 7) is 7.51. The standard InChI is InChI=1S/C27H38N4O5/c1-6-8-16-29-24(33)23(20-15-10-9-12-18(20)7-2)31(19-13-11-14-19)25(34)21(17-22(28)32)30-26(35)36-27(3,4)5/h2,9-10,12,15,19,21,23H,6,8,11,13-14,16-17H2,1,3-5H3,(H2,28,32)(H,29,33)(H,30,35). The molecule has 1 aliphatic carbocycles. The number of terminal acetylenes is 1. The van der Waals surface area contributed by atoms with Crippen LogP contribution in [0.4, 0.5) is 4.79 Å². The van der Waals surface area contributed by atoms with Gasteiger partial charge in [-0.15, -0.1) is 6.42 Å². The molecular weight excluding hydrogens is 460 g/mol. The van der Waals surface area contributed by atoms with E-state index in [0.717, 1.165) is 19.3 Å². The molecule has 2 rings (SSSR count). The molecule has 0 heterocycles. The fourth-order valence-electron chi connectivity index (χ4n) is 3.98. The highest BCUT2D eigenvalue weighted by Crippen LogP contribution is 2.35. The van der Waals surface area contributed by atoms with Crippen LogP contribution in [0.25, 0.3) is 0 Å². The molecule has 196 valence electrons. The van der Waals surface area contributed by atoms with Gasteiger partial charge in [-0.05, 0) is 58.1 Å². The molecule has 4 N–H and O–H groups in total. The first-order chi connectivity index (χ1) is 17.0. The second-order valence-electron chi connectivity index (χ2n) is 9.98. The second-order valence-corrected chi connectivity index (χ2v) is 9.98. The Morgan fingerprint density at radius 3 is 2.42 bits per heavy atom. The van der Waals surface area contributed by atoms with Gasteiger partial charge in [-0.2, -0.15) is 0 Å². The van der Waals surface area contributed by atoms with Crippen LogP contribution >= 0.6 is 0 Å². The number of hydrogen-bond acceptors (Lipinski definition) is 5. The number of nitrogens with one attached hydrogen (secondary N) is 2. The summed E-state index contributed by atoms with van der Waals surface area (Å²) < 4.78 is 5.30. The fraction of sp³-hybridized carbons (Fsp3) is 0.556. The summed E-state index contributed by atoms with van der Waals surface area (Å²) in [6, 6.07) is 4.35. The monoisotopic (exact) mass is 498 g/mol. The van der Waals surface area contributed by atoms with Crippen LogP contribution in [-0.2, 0) is 19.1 Å². The number of rotatable bonds is 11. The molecule has 0 radical (unpaired) electrons. The van der Waals surface area contributed by atoms with Gasteiger partial charge in [0.15, 0.2) is 0 Å². The summed E-state index contributed by atoms with van der Waals surface area (Å²) >= 11 is 0. The summed E-state index contributed by atoms with van der Waals surface area (Å²) in [5, 5.41) is 5.41. The van der Waals surface area contributed by atoms with Crippen molar-refractivity contribution in [3.63, 3.8) is 0 Å². The van der Waals surface area contributed by atoms with Crippen molar-refractivity contribution in [2.45, 2.75) is 89.9 Å². The van der Waals surface area contributed by atoms with Gasteiger partial charge in [0.05, 0.1) is 6.42 Å². The van der Waals surface area contributed by atoms with Crippen LogP contribution in [0.5, 0.6) is 0 Å². The third-order valence-corrected chi connectivity index (χ3v) is 5.88. The summed E-state index contributed by atoms with van der Waals surface area (Å²) in [5.41, 5.74) is 5.60. The summed E-state index contributed by atoms with van der Waals surface area (Å²) in [7, 11) is 0. The normalized spacial score (nSPS) is 15.0. The van der Waals surface area contributed by atoms with E-state index in [-0.39, 0.29) is 11.9 Å². The molecule has 0 saturated heterocycles. The maximum atomic E-state index is 14.0. The first kappa shape index (κ1) is 28.7. The number of amides is 4. The quantitative estimate of drug-likeness (QED) is 0.319. The minimum Gasteiger partial charge on any atom is -0.444 e. The average molecular weight is 499 g/mol. The number of hydrogen-bond donors (Lipinski definition) is 3. The van der Waals surface area contributed by atoms with Crippen molar-refractivity contribution in [1.29, 1.82) is 0 Å². The number of ether oxygens (including phenoxy) is 1. The highest BCUT2D eigenvalue weighted by atomic mass is 16.6. The molecule has 1 aromatic carbocycles. The van der Waals surface area contributed by atoms with E-state index in [4.69, 9.17) is 16.9 Å². The predicted octanol–water partition coefficient (Wildman–Crippen LogP) is 2.78. The molecule has 36 heavy (non-hydrogen) atoms. The van der Waals surface area contributed by atoms with Crippen molar-refractivity contribution in [3.05, 3.63) is 35.4 Å². The van der Waals surface area contributed by atoms with Gasteiger partial charge in [0, 0.05) is 18.2 Å². The van der Waals surface area contributed by atoms with Crippen molar-refractivity contribution >= 4 is 23.8 Å². The third-order valence-electron chi connectivity index (χ3n) is 5.88. The number of unbranched alkanes of at least 4 members (excludes halogenated alkanes) is 1. The van der Waals surface area contributed by atoms with E-state index in [1.54, 1.807) is 45.0 Å². The Morgan fingerprint density at radius 2 is 1.89 bits per heavy atom. The van der Waals surface area contributed by atoms with Gasteiger partial charge < -0.3 is 26.0 Å². The molecule has 1 aliphatic rings. The van der Waals surface area contributed by atoms with Gasteiger partial charge in [-0.25, -0.2) is 4.79 Å². The number of benzene rings is 1. The van der Waals surface area contributed by atoms with Crippen LogP contribution in [0.2, 0.25) is 0 Å². The Bertz CT molecular complexity index is 991. The highest BCUT2D eigenvalue weighted by molar-refractivity contribution is 5.95. The Labute approximate surface area is 213 Å². The Hall–Kier alpha value is -3.54. The second kappa shape index (κ2) is 13.0. The number of nitrogens with zero attached hydrogens (tertiary/aromatic N) is 1. The van der Waals surface area contributed by atoms with E-state index in [2.05, 4.69) is 16.6 Å². The van der Waals surface area contributed by atoms with Crippen LogP contribution in [0.1, 0.15) is 83.4 Å². The van der Waals surface area contributed by atoms with E-state index < -0.39 is 42.0 Å². The van der Waals surface area contributed by atoms with Crippen molar-refractivity contribution < 1.29 is 23.9 Å². The fourth-order valence-corrected chi connectivity index (χ4v) is 3.98. The lowest BCUT2D eigenvalue weighted by Gasteiger charge is -2.43. The molecule has 1 fully saturated rings. The number of alkyl carbamates (subject to hydrolysis) is 1. The third kappa shape index (κ3) is 8.01. The zero-order chi connectivity index (χ0) is 26.9. The molecular formula is C27H38N4O5. The van der Waals surface area contributed by atoms with Crippen molar-refractivity contribution in [2.24, 2.45) is 5.73 Å². The van der Waals surface area contributed by atoms with E-state index in [0.29, 0.717) is 30.5 Å². The van der Waals surface area contributed by atoms with E-state index in [9.17, 15) is 19.2 Å². The lowest BCUT2D eigenvalue weighted by atomic mass is 9.87. The SMILES string of the molecule is C#Cc1ccccc1C(C(=O)NCCCC)N(C(=O)C(CC(N)=O)NC(=O)OC(C)(C)C)C1CCC1. The topological polar surface area (TPSA) is 131 Å². The van der Waals surface area contributed by atoms with E-state index in [1.807, 2.05) is 6.92 Å². The Morgan fingerprint density at radius 1 is 1.22 bits per heavy atom. The van der Waals surface area contributed by atoms with Crippen LogP contribution in [0.15, 0.2) is 24.3 Å². The Balaban J connectivity index is 2.52. The lowest BCUT2D eigenvalue weighted by molar-refractivity contribution is -0.148. The van der Waals surface area contributed by atoms with Crippen LogP contribution in [0.3, 0.4) is 0 Å². The molecule has 4 amide bonds. The zero-order valence-electron chi connectivity index (χ0n) is 21.6. The lowest BCUT2D eigenvalue weighted by Crippen LogP contribution is -2.58. The van der Waals surface area contributed by atoms with Gasteiger partial charge in [0.25, 0.3) is 0 Å². The average Bonchev–Trinajstić information content (AvgIpc) is 2.75. The summed E-state index contributed by atoms with van der Waals surface area (Å²) in [5.74, 6) is 0.868. The van der Waals surface area contributed by atoms with Gasteiger partial charge in [0.1, 0.15) is 17.7 Å². The molecule has 0 aromatic heterocycles. The molecule has 2 unspecified atom stereocenters. The minimum absolute atomic E-state index is 0.263. The molecule has 0 aliphatic heterocycles. The number of primary amides is 1. The summed E-state index contributed by atoms with van der Waals surface area (Å²) in [4.78, 5) is 53.4. The first-order valence-electron chi connectivity index (χ1n) is 12.4. The van der Waals surface area contributed by atoms with E-state index >= 15 is 0 Å². The van der Waals surface area contributed by atoms with Crippen molar-refractivity contribution in [3.8, 4) is 12.3 Å². The number of carbonyl (C=O) groups excluding carboxylic acids is 4. The number of nitrogens with two attached hydrogens (primary N) is 1. The smallest absolute Gasteiger partial charge is 0.408 e. The van der Waals surface area contributed by atoms with Crippen LogP contribution in [0, 0.1) is 12.3 Å².